The van der Waals surface area contributed by atoms with Crippen LogP contribution in [0.3, 0.4) is 0 Å². The van der Waals surface area contributed by atoms with Gasteiger partial charge in [-0.1, -0.05) is 6.92 Å². The van der Waals surface area contributed by atoms with Gasteiger partial charge in [-0.25, -0.2) is 0 Å². The van der Waals surface area contributed by atoms with E-state index in [4.69, 9.17) is 0 Å². The molecular formula is C8H20BN. The second-order valence-electron chi connectivity index (χ2n) is 3.73. The summed E-state index contributed by atoms with van der Waals surface area (Å²) in [7, 11) is 2.25. The van der Waals surface area contributed by atoms with E-state index in [2.05, 4.69) is 47.4 Å². The minimum absolute atomic E-state index is 0.667. The summed E-state index contributed by atoms with van der Waals surface area (Å²) in [5, 5.41) is 0. The second-order valence-corrected chi connectivity index (χ2v) is 3.73. The van der Waals surface area contributed by atoms with E-state index in [1.54, 1.807) is 0 Å². The van der Waals surface area contributed by atoms with Crippen LogP contribution in [0.15, 0.2) is 0 Å². The van der Waals surface area contributed by atoms with Crippen LogP contribution in [-0.4, -0.2) is 30.8 Å². The van der Waals surface area contributed by atoms with Gasteiger partial charge in [0.15, 0.2) is 0 Å². The third-order valence-corrected chi connectivity index (χ3v) is 1.79. The fourth-order valence-electron chi connectivity index (χ4n) is 1.79. The summed E-state index contributed by atoms with van der Waals surface area (Å²) in [5.41, 5.74) is 0. The van der Waals surface area contributed by atoms with Crippen molar-refractivity contribution < 1.29 is 0 Å². The lowest BCUT2D eigenvalue weighted by molar-refractivity contribution is 0.164. The monoisotopic (exact) mass is 141 g/mol. The fraction of sp³-hybridized carbons (Fsp3) is 1.00. The Morgan fingerprint density at radius 2 is 1.20 bits per heavy atom. The van der Waals surface area contributed by atoms with Crippen molar-refractivity contribution in [3.8, 4) is 0 Å². The highest BCUT2D eigenvalue weighted by atomic mass is 15.2. The highest BCUT2D eigenvalue weighted by molar-refractivity contribution is 6.11. The summed E-state index contributed by atoms with van der Waals surface area (Å²) in [6.07, 6.45) is 0. The molecule has 0 rings (SSSR count). The zero-order chi connectivity index (χ0) is 8.31. The molecule has 0 aromatic rings. The van der Waals surface area contributed by atoms with Gasteiger partial charge >= 0.3 is 0 Å². The molecule has 0 aromatic carbocycles. The molecule has 0 saturated carbocycles. The molecule has 0 aromatic heterocycles. The van der Waals surface area contributed by atoms with Crippen LogP contribution in [-0.2, 0) is 0 Å². The van der Waals surface area contributed by atoms with Crippen LogP contribution in [0, 0.1) is 0 Å². The van der Waals surface area contributed by atoms with E-state index < -0.39 is 0 Å². The second kappa shape index (κ2) is 4.02. The fourth-order valence-corrected chi connectivity index (χ4v) is 1.79. The van der Waals surface area contributed by atoms with Gasteiger partial charge < -0.3 is 4.90 Å². The van der Waals surface area contributed by atoms with Crippen molar-refractivity contribution in [1.29, 1.82) is 0 Å². The first kappa shape index (κ1) is 10.0. The number of rotatable bonds is 3. The Bertz CT molecular complexity index is 70.2. The van der Waals surface area contributed by atoms with E-state index in [-0.39, 0.29) is 0 Å². The highest BCUT2D eigenvalue weighted by Crippen LogP contribution is 2.07. The Balaban J connectivity index is 3.98. The van der Waals surface area contributed by atoms with Crippen molar-refractivity contribution in [3.05, 3.63) is 0 Å². The Labute approximate surface area is 66.2 Å². The molecule has 0 fully saturated rings. The molecule has 0 spiro atoms. The van der Waals surface area contributed by atoms with Gasteiger partial charge in [-0.05, 0) is 33.6 Å². The normalized spacial score (nSPS) is 15.2. The predicted octanol–water partition coefficient (Wildman–Crippen LogP) is 1.08. The van der Waals surface area contributed by atoms with Crippen molar-refractivity contribution in [2.24, 2.45) is 0 Å². The van der Waals surface area contributed by atoms with E-state index in [1.807, 2.05) is 0 Å². The molecule has 1 atom stereocenters. The molecule has 2 heteroatoms. The SMILES string of the molecule is BC(C)N(C(C)C)C(C)C. The van der Waals surface area contributed by atoms with Crippen LogP contribution in [0.25, 0.3) is 0 Å². The molecule has 0 radical (unpaired) electrons. The summed E-state index contributed by atoms with van der Waals surface area (Å²) in [6.45, 7) is 11.2. The topological polar surface area (TPSA) is 3.24 Å². The van der Waals surface area contributed by atoms with Crippen molar-refractivity contribution in [3.63, 3.8) is 0 Å². The van der Waals surface area contributed by atoms with Gasteiger partial charge in [-0.3, -0.25) is 0 Å². The first-order valence-corrected chi connectivity index (χ1v) is 4.24. The molecular weight excluding hydrogens is 121 g/mol. The van der Waals surface area contributed by atoms with Crippen LogP contribution < -0.4 is 0 Å². The standard InChI is InChI=1S/C8H20BN/c1-6(2)10(7(3)4)8(5)9/h6-8H,9H2,1-5H3. The lowest BCUT2D eigenvalue weighted by Gasteiger charge is -2.34. The molecule has 1 nitrogen and oxygen atoms in total. The van der Waals surface area contributed by atoms with Crippen molar-refractivity contribution in [1.82, 2.24) is 4.90 Å². The van der Waals surface area contributed by atoms with Gasteiger partial charge in [0.25, 0.3) is 0 Å². The third-order valence-electron chi connectivity index (χ3n) is 1.79. The summed E-state index contributed by atoms with van der Waals surface area (Å²) < 4.78 is 0. The Kier molecular flexibility index (Phi) is 4.03. The molecule has 0 N–H and O–H groups in total. The Hall–Kier alpha value is 0.0249. The van der Waals surface area contributed by atoms with Crippen molar-refractivity contribution in [2.75, 3.05) is 0 Å². The van der Waals surface area contributed by atoms with E-state index >= 15 is 0 Å². The minimum atomic E-state index is 0.667. The van der Waals surface area contributed by atoms with E-state index in [0.717, 1.165) is 0 Å². The lowest BCUT2D eigenvalue weighted by atomic mass is 9.94. The van der Waals surface area contributed by atoms with Gasteiger partial charge in [0.1, 0.15) is 7.85 Å². The molecule has 0 aliphatic heterocycles. The molecule has 0 bridgehead atoms. The summed E-state index contributed by atoms with van der Waals surface area (Å²) in [4.78, 5) is 2.50. The molecule has 0 aliphatic carbocycles. The van der Waals surface area contributed by atoms with Crippen LogP contribution in [0.5, 0.6) is 0 Å². The number of nitrogens with zero attached hydrogens (tertiary/aromatic N) is 1. The molecule has 10 heavy (non-hydrogen) atoms. The number of hydrogen-bond acceptors (Lipinski definition) is 1. The molecule has 0 amide bonds. The maximum atomic E-state index is 2.50. The van der Waals surface area contributed by atoms with Gasteiger partial charge in [0.2, 0.25) is 0 Å². The van der Waals surface area contributed by atoms with Gasteiger partial charge in [0, 0.05) is 12.1 Å². The van der Waals surface area contributed by atoms with Gasteiger partial charge in [-0.2, -0.15) is 0 Å². The smallest absolute Gasteiger partial charge is 0.123 e. The zero-order valence-corrected chi connectivity index (χ0v) is 8.18. The van der Waals surface area contributed by atoms with Crippen LogP contribution >= 0.6 is 0 Å². The largest absolute Gasteiger partial charge is 0.304 e. The van der Waals surface area contributed by atoms with Crippen LogP contribution in [0.4, 0.5) is 0 Å². The van der Waals surface area contributed by atoms with Gasteiger partial charge in [-0.15, -0.1) is 0 Å². The maximum absolute atomic E-state index is 2.50. The summed E-state index contributed by atoms with van der Waals surface area (Å²) in [6, 6.07) is 1.33. The minimum Gasteiger partial charge on any atom is -0.304 e. The van der Waals surface area contributed by atoms with Crippen LogP contribution in [0.1, 0.15) is 34.6 Å². The summed E-state index contributed by atoms with van der Waals surface area (Å²) in [5.74, 6) is 0.667. The van der Waals surface area contributed by atoms with E-state index in [0.29, 0.717) is 18.0 Å². The molecule has 0 aliphatic rings. The average Bonchev–Trinajstić information content (AvgIpc) is 1.59. The average molecular weight is 141 g/mol. The van der Waals surface area contributed by atoms with Gasteiger partial charge in [0.05, 0.1) is 0 Å². The predicted molar refractivity (Wildman–Crippen MR) is 50.1 cm³/mol. The first-order valence-electron chi connectivity index (χ1n) is 4.24. The molecule has 0 heterocycles. The molecule has 1 unspecified atom stereocenters. The highest BCUT2D eigenvalue weighted by Gasteiger charge is 2.15. The van der Waals surface area contributed by atoms with Crippen molar-refractivity contribution >= 4 is 7.85 Å². The van der Waals surface area contributed by atoms with Crippen LogP contribution in [0.2, 0.25) is 0 Å². The summed E-state index contributed by atoms with van der Waals surface area (Å²) >= 11 is 0. The maximum Gasteiger partial charge on any atom is 0.123 e. The van der Waals surface area contributed by atoms with E-state index in [9.17, 15) is 0 Å². The zero-order valence-electron chi connectivity index (χ0n) is 8.18. The number of hydrogen-bond donors (Lipinski definition) is 0. The third kappa shape index (κ3) is 2.74. The Morgan fingerprint density at radius 3 is 1.20 bits per heavy atom. The molecule has 60 valence electrons. The Morgan fingerprint density at radius 1 is 0.900 bits per heavy atom. The quantitative estimate of drug-likeness (QED) is 0.531. The first-order chi connectivity index (χ1) is 4.46. The van der Waals surface area contributed by atoms with Crippen molar-refractivity contribution in [2.45, 2.75) is 52.6 Å². The van der Waals surface area contributed by atoms with E-state index in [1.165, 1.54) is 0 Å². The lowest BCUT2D eigenvalue weighted by Crippen LogP contribution is -2.43. The molecule has 0 saturated heterocycles.